The SMILES string of the molecule is BrC(Br)(Br)Br.O=S([O-])c1ccc(Br)c(Br)c1Br. The summed E-state index contributed by atoms with van der Waals surface area (Å²) < 4.78 is 23.0. The van der Waals surface area contributed by atoms with E-state index in [4.69, 9.17) is 0 Å². The Bertz CT molecular complexity index is 411. The predicted molar refractivity (Wildman–Crippen MR) is 95.2 cm³/mol. The van der Waals surface area contributed by atoms with Crippen molar-refractivity contribution >= 4 is 123 Å². The standard InChI is InChI=1S/C6H3Br3O2S.CBr4/c7-3-1-2-4(12(10)11)6(9)5(3)8;2-1(3,4)5/h1-2H,(H,10,11);/p-1. The van der Waals surface area contributed by atoms with Crippen LogP contribution in [0.4, 0.5) is 0 Å². The fourth-order valence-electron chi connectivity index (χ4n) is 0.637. The Labute approximate surface area is 160 Å². The van der Waals surface area contributed by atoms with Crippen LogP contribution in [0.3, 0.4) is 0 Å². The molecule has 10 heteroatoms. The van der Waals surface area contributed by atoms with Crippen LogP contribution in [0.5, 0.6) is 0 Å². The van der Waals surface area contributed by atoms with E-state index in [-0.39, 0.29) is 5.95 Å². The average molecular weight is 709 g/mol. The summed E-state index contributed by atoms with van der Waals surface area (Å²) in [6.45, 7) is 0. The Morgan fingerprint density at radius 3 is 1.76 bits per heavy atom. The van der Waals surface area contributed by atoms with Crippen molar-refractivity contribution in [3.8, 4) is 0 Å². The van der Waals surface area contributed by atoms with Crippen molar-refractivity contribution in [2.24, 2.45) is 0 Å². The molecular weight excluding hydrogens is 707 g/mol. The number of benzene rings is 1. The molecule has 0 heterocycles. The van der Waals surface area contributed by atoms with Gasteiger partial charge in [0, 0.05) is 18.3 Å². The van der Waals surface area contributed by atoms with Crippen molar-refractivity contribution < 1.29 is 8.76 Å². The molecule has 1 aromatic carbocycles. The molecule has 1 atom stereocenters. The number of hydrogen-bond acceptors (Lipinski definition) is 2. The largest absolute Gasteiger partial charge is 0.768 e. The zero-order chi connectivity index (χ0) is 13.8. The Morgan fingerprint density at radius 2 is 1.41 bits per heavy atom. The van der Waals surface area contributed by atoms with Gasteiger partial charge in [-0.25, -0.2) is 0 Å². The van der Waals surface area contributed by atoms with Crippen molar-refractivity contribution in [3.05, 3.63) is 25.6 Å². The maximum absolute atomic E-state index is 10.6. The minimum Gasteiger partial charge on any atom is -0.768 e. The van der Waals surface area contributed by atoms with Gasteiger partial charge >= 0.3 is 0 Å². The summed E-state index contributed by atoms with van der Waals surface area (Å²) in [6.07, 6.45) is 0. The van der Waals surface area contributed by atoms with E-state index in [1.54, 1.807) is 6.07 Å². The van der Waals surface area contributed by atoms with E-state index in [1.807, 2.05) is 0 Å². The third kappa shape index (κ3) is 9.28. The molecule has 0 radical (unpaired) electrons. The van der Waals surface area contributed by atoms with Crippen LogP contribution in [-0.2, 0) is 11.1 Å². The highest BCUT2D eigenvalue weighted by molar-refractivity contribution is 9.52. The topological polar surface area (TPSA) is 40.1 Å². The van der Waals surface area contributed by atoms with Crippen LogP contribution in [0.15, 0.2) is 30.4 Å². The second-order valence-corrected chi connectivity index (χ2v) is 16.8. The molecule has 0 fully saturated rings. The second-order valence-electron chi connectivity index (χ2n) is 2.34. The molecule has 17 heavy (non-hydrogen) atoms. The molecule has 0 aromatic heterocycles. The van der Waals surface area contributed by atoms with E-state index in [2.05, 4.69) is 112 Å². The molecule has 98 valence electrons. The molecule has 1 rings (SSSR count). The van der Waals surface area contributed by atoms with Gasteiger partial charge in [-0.15, -0.1) is 0 Å². The zero-order valence-electron chi connectivity index (χ0n) is 7.53. The van der Waals surface area contributed by atoms with Crippen LogP contribution >= 0.6 is 112 Å². The van der Waals surface area contributed by atoms with Crippen molar-refractivity contribution in [2.45, 2.75) is 5.95 Å². The monoisotopic (exact) mass is 702 g/mol. The summed E-state index contributed by atoms with van der Waals surface area (Å²) in [7, 11) is 0. The van der Waals surface area contributed by atoms with Gasteiger partial charge in [0.15, 0.2) is 1.05 Å². The summed E-state index contributed by atoms with van der Waals surface area (Å²) >= 11 is 19.9. The maximum Gasteiger partial charge on any atom is 0.189 e. The second kappa shape index (κ2) is 8.86. The molecule has 0 bridgehead atoms. The molecule has 1 aromatic rings. The van der Waals surface area contributed by atoms with Gasteiger partial charge < -0.3 is 4.55 Å². The Balaban J connectivity index is 0.000000437. The molecule has 0 spiro atoms. The molecule has 0 saturated heterocycles. The molecule has 0 aliphatic rings. The van der Waals surface area contributed by atoms with Crippen molar-refractivity contribution in [1.82, 2.24) is 0 Å². The van der Waals surface area contributed by atoms with Crippen LogP contribution in [0.1, 0.15) is 0 Å². The molecule has 0 aliphatic heterocycles. The first-order chi connectivity index (χ1) is 7.54. The summed E-state index contributed by atoms with van der Waals surface area (Å²) in [6, 6.07) is 3.18. The van der Waals surface area contributed by atoms with Crippen molar-refractivity contribution in [1.29, 1.82) is 0 Å². The van der Waals surface area contributed by atoms with E-state index >= 15 is 0 Å². The fourth-order valence-corrected chi connectivity index (χ4v) is 2.88. The van der Waals surface area contributed by atoms with E-state index in [0.29, 0.717) is 8.95 Å². The number of hydrogen-bond donors (Lipinski definition) is 0. The zero-order valence-corrected chi connectivity index (χ0v) is 19.4. The molecule has 0 aliphatic carbocycles. The number of halogens is 7. The number of alkyl halides is 4. The first-order valence-corrected chi connectivity index (χ1v) is 10.1. The van der Waals surface area contributed by atoms with E-state index in [9.17, 15) is 8.76 Å². The smallest absolute Gasteiger partial charge is 0.189 e. The van der Waals surface area contributed by atoms with Gasteiger partial charge in [-0.1, -0.05) is 0 Å². The van der Waals surface area contributed by atoms with Gasteiger partial charge in [-0.05, 0) is 135 Å². The fraction of sp³-hybridized carbons (Fsp3) is 0.143. The average Bonchev–Trinajstić information content (AvgIpc) is 2.11. The van der Waals surface area contributed by atoms with Gasteiger partial charge in [-0.3, -0.25) is 4.21 Å². The van der Waals surface area contributed by atoms with Gasteiger partial charge in [0.2, 0.25) is 0 Å². The highest BCUT2D eigenvalue weighted by Gasteiger charge is 2.08. The lowest BCUT2D eigenvalue weighted by atomic mass is 10.4. The lowest BCUT2D eigenvalue weighted by molar-refractivity contribution is 0.536. The Morgan fingerprint density at radius 1 is 1.00 bits per heavy atom. The Kier molecular flexibility index (Phi) is 10.3. The molecule has 0 saturated carbocycles. The molecule has 0 amide bonds. The summed E-state index contributed by atoms with van der Waals surface area (Å²) in [5.74, 6) is 0. The highest BCUT2D eigenvalue weighted by Crippen LogP contribution is 2.39. The van der Waals surface area contributed by atoms with E-state index in [0.717, 1.165) is 4.47 Å². The molecule has 2 nitrogen and oxygen atoms in total. The molecule has 0 N–H and O–H groups in total. The molecule has 1 unspecified atom stereocenters. The summed E-state index contributed by atoms with van der Waals surface area (Å²) in [5, 5.41) is 0. The maximum atomic E-state index is 10.6. The van der Waals surface area contributed by atoms with Gasteiger partial charge in [0.1, 0.15) is 0 Å². The third-order valence-corrected chi connectivity index (χ3v) is 5.51. The minimum absolute atomic E-state index is 0.241. The van der Waals surface area contributed by atoms with Gasteiger partial charge in [0.05, 0.1) is 0 Å². The van der Waals surface area contributed by atoms with Crippen LogP contribution < -0.4 is 0 Å². The van der Waals surface area contributed by atoms with Crippen LogP contribution in [0.2, 0.25) is 0 Å². The normalized spacial score (nSPS) is 12.7. The summed E-state index contributed by atoms with van der Waals surface area (Å²) in [4.78, 5) is 0.241. The summed E-state index contributed by atoms with van der Waals surface area (Å²) in [5.41, 5.74) is 0. The van der Waals surface area contributed by atoms with Crippen molar-refractivity contribution in [3.63, 3.8) is 0 Å². The lowest BCUT2D eigenvalue weighted by Crippen LogP contribution is -1.90. The van der Waals surface area contributed by atoms with Crippen LogP contribution in [0, 0.1) is 0 Å². The Hall–Kier alpha value is 2.69. The van der Waals surface area contributed by atoms with Crippen LogP contribution in [0.25, 0.3) is 0 Å². The van der Waals surface area contributed by atoms with E-state index in [1.165, 1.54) is 6.07 Å². The first kappa shape index (κ1) is 19.7. The lowest BCUT2D eigenvalue weighted by Gasteiger charge is -2.09. The van der Waals surface area contributed by atoms with Crippen molar-refractivity contribution in [2.75, 3.05) is 0 Å². The van der Waals surface area contributed by atoms with Gasteiger partial charge in [0.25, 0.3) is 0 Å². The highest BCUT2D eigenvalue weighted by atomic mass is 80.0. The van der Waals surface area contributed by atoms with E-state index < -0.39 is 11.1 Å². The number of rotatable bonds is 1. The minimum atomic E-state index is -2.21. The first-order valence-electron chi connectivity index (χ1n) is 3.52. The van der Waals surface area contributed by atoms with Gasteiger partial charge in [-0.2, -0.15) is 0 Å². The quantitative estimate of drug-likeness (QED) is 0.193. The predicted octanol–water partition coefficient (Wildman–Crippen LogP) is 6.39. The third-order valence-electron chi connectivity index (χ3n) is 1.18. The van der Waals surface area contributed by atoms with Crippen LogP contribution in [-0.4, -0.2) is 9.81 Å². The molecular formula is C7H2Br7O2S-.